The molecule has 1 aliphatic heterocycles. The number of hydrogen-bond acceptors (Lipinski definition) is 3. The van der Waals surface area contributed by atoms with Crippen molar-refractivity contribution in [1.82, 2.24) is 4.90 Å². The maximum atomic E-state index is 13.2. The second-order valence-electron chi connectivity index (χ2n) is 6.39. The molecule has 3 rings (SSSR count). The highest BCUT2D eigenvalue weighted by Crippen LogP contribution is 2.17. The van der Waals surface area contributed by atoms with E-state index in [4.69, 9.17) is 0 Å². The summed E-state index contributed by atoms with van der Waals surface area (Å²) in [6.07, 6.45) is 0.590. The molecule has 0 bridgehead atoms. The lowest BCUT2D eigenvalue weighted by molar-refractivity contribution is -0.116. The average Bonchev–Trinajstić information content (AvgIpc) is 2.64. The van der Waals surface area contributed by atoms with Crippen molar-refractivity contribution in [2.24, 2.45) is 0 Å². The molecule has 138 valence electrons. The van der Waals surface area contributed by atoms with Gasteiger partial charge in [0.15, 0.2) is 11.6 Å². The van der Waals surface area contributed by atoms with Crippen LogP contribution in [0, 0.1) is 11.6 Å². The van der Waals surface area contributed by atoms with Crippen LogP contribution >= 0.6 is 11.8 Å². The number of benzene rings is 2. The summed E-state index contributed by atoms with van der Waals surface area (Å²) < 4.78 is 26.1. The minimum atomic E-state index is -0.883. The molecule has 3 nitrogen and oxygen atoms in total. The molecule has 1 amide bonds. The number of aryl methyl sites for hydroxylation is 1. The Morgan fingerprint density at radius 1 is 1.04 bits per heavy atom. The molecule has 2 aromatic rings. The van der Waals surface area contributed by atoms with Gasteiger partial charge in [0, 0.05) is 43.2 Å². The molecule has 0 saturated carbocycles. The van der Waals surface area contributed by atoms with E-state index in [0.717, 1.165) is 37.5 Å². The smallest absolute Gasteiger partial charge is 0.224 e. The van der Waals surface area contributed by atoms with Crippen LogP contribution in [0.15, 0.2) is 42.5 Å². The van der Waals surface area contributed by atoms with E-state index in [0.29, 0.717) is 12.0 Å². The third-order valence-electron chi connectivity index (χ3n) is 4.35. The predicted molar refractivity (Wildman–Crippen MR) is 102 cm³/mol. The van der Waals surface area contributed by atoms with Crippen LogP contribution in [-0.2, 0) is 17.8 Å². The Labute approximate surface area is 156 Å². The molecule has 0 aliphatic carbocycles. The van der Waals surface area contributed by atoms with Crippen LogP contribution in [-0.4, -0.2) is 35.4 Å². The van der Waals surface area contributed by atoms with Gasteiger partial charge in [-0.25, -0.2) is 8.78 Å². The number of halogens is 2. The van der Waals surface area contributed by atoms with Crippen molar-refractivity contribution < 1.29 is 13.6 Å². The van der Waals surface area contributed by atoms with E-state index >= 15 is 0 Å². The van der Waals surface area contributed by atoms with Crippen LogP contribution in [0.25, 0.3) is 0 Å². The fourth-order valence-electron chi connectivity index (χ4n) is 2.94. The first kappa shape index (κ1) is 18.9. The summed E-state index contributed by atoms with van der Waals surface area (Å²) in [7, 11) is 0. The van der Waals surface area contributed by atoms with E-state index in [2.05, 4.69) is 16.3 Å². The van der Waals surface area contributed by atoms with Gasteiger partial charge in [-0.1, -0.05) is 18.2 Å². The number of hydrogen-bond donors (Lipinski definition) is 1. The number of amides is 1. The van der Waals surface area contributed by atoms with Crippen LogP contribution in [0.5, 0.6) is 0 Å². The van der Waals surface area contributed by atoms with E-state index < -0.39 is 11.6 Å². The highest BCUT2D eigenvalue weighted by atomic mass is 32.2. The molecule has 1 aliphatic rings. The molecule has 26 heavy (non-hydrogen) atoms. The van der Waals surface area contributed by atoms with Gasteiger partial charge in [-0.3, -0.25) is 9.69 Å². The zero-order valence-corrected chi connectivity index (χ0v) is 15.3. The molecule has 1 heterocycles. The van der Waals surface area contributed by atoms with Crippen molar-refractivity contribution in [2.45, 2.75) is 19.4 Å². The van der Waals surface area contributed by atoms with Crippen LogP contribution in [0.3, 0.4) is 0 Å². The molecule has 0 atom stereocenters. The summed E-state index contributed by atoms with van der Waals surface area (Å²) in [4.78, 5) is 14.6. The largest absolute Gasteiger partial charge is 0.326 e. The monoisotopic (exact) mass is 376 g/mol. The van der Waals surface area contributed by atoms with Crippen molar-refractivity contribution in [3.05, 3.63) is 65.2 Å². The van der Waals surface area contributed by atoms with Crippen LogP contribution in [0.4, 0.5) is 14.5 Å². The zero-order valence-electron chi connectivity index (χ0n) is 14.5. The number of thioether (sulfide) groups is 1. The Hall–Kier alpha value is -1.92. The zero-order chi connectivity index (χ0) is 18.4. The predicted octanol–water partition coefficient (Wildman–Crippen LogP) is 4.08. The number of nitrogens with zero attached hydrogens (tertiary/aromatic N) is 1. The van der Waals surface area contributed by atoms with Gasteiger partial charge < -0.3 is 5.32 Å². The summed E-state index contributed by atoms with van der Waals surface area (Å²) in [6, 6.07) is 11.6. The molecule has 0 radical (unpaired) electrons. The molecule has 0 spiro atoms. The lowest BCUT2D eigenvalue weighted by Crippen LogP contribution is -2.31. The van der Waals surface area contributed by atoms with E-state index in [1.165, 1.54) is 23.1 Å². The Balaban J connectivity index is 1.51. The van der Waals surface area contributed by atoms with Gasteiger partial charge in [0.25, 0.3) is 0 Å². The van der Waals surface area contributed by atoms with Gasteiger partial charge in [-0.2, -0.15) is 11.8 Å². The molecule has 0 aromatic heterocycles. The maximum Gasteiger partial charge on any atom is 0.224 e. The fraction of sp³-hybridized carbons (Fsp3) is 0.350. The second-order valence-corrected chi connectivity index (χ2v) is 7.61. The van der Waals surface area contributed by atoms with Gasteiger partial charge in [0.05, 0.1) is 0 Å². The molecular formula is C20H22F2N2OS. The standard InChI is InChI=1S/C20H22F2N2OS/c21-18-6-4-15(13-19(18)22)5-7-20(25)23-17-3-1-2-16(12-17)14-24-8-10-26-11-9-24/h1-4,6,12-13H,5,7-11,14H2,(H,23,25). The number of rotatable bonds is 6. The van der Waals surface area contributed by atoms with Gasteiger partial charge in [0.1, 0.15) is 0 Å². The lowest BCUT2D eigenvalue weighted by atomic mass is 10.1. The topological polar surface area (TPSA) is 32.3 Å². The third-order valence-corrected chi connectivity index (χ3v) is 5.29. The Kier molecular flexibility index (Phi) is 6.63. The molecule has 2 aromatic carbocycles. The number of carbonyl (C=O) groups excluding carboxylic acids is 1. The van der Waals surface area contributed by atoms with Crippen molar-refractivity contribution >= 4 is 23.4 Å². The summed E-state index contributed by atoms with van der Waals surface area (Å²) in [5.74, 6) is 0.441. The first-order chi connectivity index (χ1) is 12.6. The van der Waals surface area contributed by atoms with Crippen LogP contribution in [0.2, 0.25) is 0 Å². The molecule has 1 N–H and O–H groups in total. The highest BCUT2D eigenvalue weighted by molar-refractivity contribution is 7.99. The first-order valence-electron chi connectivity index (χ1n) is 8.73. The van der Waals surface area contributed by atoms with Gasteiger partial charge in [0.2, 0.25) is 5.91 Å². The molecule has 1 saturated heterocycles. The average molecular weight is 376 g/mol. The summed E-state index contributed by atoms with van der Waals surface area (Å²) in [5, 5.41) is 2.89. The van der Waals surface area contributed by atoms with Crippen molar-refractivity contribution in [1.29, 1.82) is 0 Å². The van der Waals surface area contributed by atoms with Crippen molar-refractivity contribution in [2.75, 3.05) is 29.9 Å². The normalized spacial score (nSPS) is 15.0. The number of anilines is 1. The summed E-state index contributed by atoms with van der Waals surface area (Å²) in [6.45, 7) is 3.07. The van der Waals surface area contributed by atoms with Gasteiger partial charge in [-0.05, 0) is 41.8 Å². The Morgan fingerprint density at radius 2 is 1.85 bits per heavy atom. The van der Waals surface area contributed by atoms with Crippen LogP contribution in [0.1, 0.15) is 17.5 Å². The van der Waals surface area contributed by atoms with Crippen molar-refractivity contribution in [3.63, 3.8) is 0 Å². The molecular weight excluding hydrogens is 354 g/mol. The Morgan fingerprint density at radius 3 is 2.62 bits per heavy atom. The molecule has 1 fully saturated rings. The SMILES string of the molecule is O=C(CCc1ccc(F)c(F)c1)Nc1cccc(CN2CCSCC2)c1. The summed E-state index contributed by atoms with van der Waals surface area (Å²) in [5.41, 5.74) is 2.55. The van der Waals surface area contributed by atoms with Crippen LogP contribution < -0.4 is 5.32 Å². The maximum absolute atomic E-state index is 13.2. The van der Waals surface area contributed by atoms with Crippen molar-refractivity contribution in [3.8, 4) is 0 Å². The second kappa shape index (κ2) is 9.14. The lowest BCUT2D eigenvalue weighted by Gasteiger charge is -2.26. The van der Waals surface area contributed by atoms with E-state index in [9.17, 15) is 13.6 Å². The van der Waals surface area contributed by atoms with Gasteiger partial charge in [-0.15, -0.1) is 0 Å². The summed E-state index contributed by atoms with van der Waals surface area (Å²) >= 11 is 1.98. The first-order valence-corrected chi connectivity index (χ1v) is 9.88. The Bertz CT molecular complexity index is 763. The minimum Gasteiger partial charge on any atom is -0.326 e. The van der Waals surface area contributed by atoms with E-state index in [-0.39, 0.29) is 12.3 Å². The number of nitrogens with one attached hydrogen (secondary N) is 1. The van der Waals surface area contributed by atoms with E-state index in [1.54, 1.807) is 0 Å². The molecule has 0 unspecified atom stereocenters. The molecule has 6 heteroatoms. The van der Waals surface area contributed by atoms with E-state index in [1.807, 2.05) is 30.0 Å². The third kappa shape index (κ3) is 5.54. The highest BCUT2D eigenvalue weighted by Gasteiger charge is 2.11. The fourth-order valence-corrected chi connectivity index (χ4v) is 3.92. The minimum absolute atomic E-state index is 0.138. The van der Waals surface area contributed by atoms with Gasteiger partial charge >= 0.3 is 0 Å². The quantitative estimate of drug-likeness (QED) is 0.824. The number of carbonyl (C=O) groups is 1.